The first-order valence-corrected chi connectivity index (χ1v) is 8.93. The summed E-state index contributed by atoms with van der Waals surface area (Å²) in [6, 6.07) is 15.8. The van der Waals surface area contributed by atoms with Gasteiger partial charge in [-0.25, -0.2) is 4.79 Å². The molecule has 0 saturated carbocycles. The minimum absolute atomic E-state index is 0.379. The van der Waals surface area contributed by atoms with Gasteiger partial charge in [0.15, 0.2) is 0 Å². The molecule has 1 amide bonds. The Kier molecular flexibility index (Phi) is 6.71. The highest BCUT2D eigenvalue weighted by Gasteiger charge is 2.22. The maximum Gasteiger partial charge on any atom is 0.410 e. The first-order chi connectivity index (χ1) is 12.3. The Labute approximate surface area is 160 Å². The second-order valence-corrected chi connectivity index (χ2v) is 7.44. The predicted octanol–water partition coefficient (Wildman–Crippen LogP) is 5.77. The lowest BCUT2D eigenvalue weighted by molar-refractivity contribution is 0.0238. The van der Waals surface area contributed by atoms with Gasteiger partial charge in [0.1, 0.15) is 5.60 Å². The number of nitrogens with zero attached hydrogens (tertiary/aromatic N) is 1. The molecule has 26 heavy (non-hydrogen) atoms. The highest BCUT2D eigenvalue weighted by molar-refractivity contribution is 6.33. The van der Waals surface area contributed by atoms with Crippen molar-refractivity contribution in [2.75, 3.05) is 6.54 Å². The summed E-state index contributed by atoms with van der Waals surface area (Å²) in [5.74, 6) is 2.57. The quantitative estimate of drug-likeness (QED) is 0.626. The number of carbonyl (C=O) groups is 1. The van der Waals surface area contributed by atoms with E-state index in [2.05, 4.69) is 5.92 Å². The second kappa shape index (κ2) is 8.78. The normalized spacial score (nSPS) is 10.9. The van der Waals surface area contributed by atoms with E-state index < -0.39 is 5.60 Å². The van der Waals surface area contributed by atoms with E-state index in [1.165, 1.54) is 0 Å². The number of carbonyl (C=O) groups excluding carboxylic acids is 1. The molecule has 0 bridgehead atoms. The van der Waals surface area contributed by atoms with Crippen LogP contribution in [0.5, 0.6) is 0 Å². The van der Waals surface area contributed by atoms with Crippen LogP contribution in [0.25, 0.3) is 11.1 Å². The molecule has 0 atom stereocenters. The summed E-state index contributed by atoms with van der Waals surface area (Å²) in [6.07, 6.45) is 5.44. The van der Waals surface area contributed by atoms with Crippen molar-refractivity contribution in [2.24, 2.45) is 0 Å². The molecule has 0 fully saturated rings. The first kappa shape index (κ1) is 19.9. The number of halogens is 1. The average Bonchev–Trinajstić information content (AvgIpc) is 2.58. The highest BCUT2D eigenvalue weighted by Crippen LogP contribution is 2.29. The number of hydrogen-bond donors (Lipinski definition) is 0. The number of ether oxygens (including phenoxy) is 1. The van der Waals surface area contributed by atoms with E-state index in [0.29, 0.717) is 24.5 Å². The molecule has 2 aromatic rings. The Morgan fingerprint density at radius 2 is 1.88 bits per heavy atom. The molecular weight excluding hydrogens is 346 g/mol. The summed E-state index contributed by atoms with van der Waals surface area (Å²) in [4.78, 5) is 14.1. The molecule has 0 aromatic heterocycles. The Morgan fingerprint density at radius 3 is 2.46 bits per heavy atom. The van der Waals surface area contributed by atoms with Crippen molar-refractivity contribution in [2.45, 2.75) is 39.3 Å². The van der Waals surface area contributed by atoms with Gasteiger partial charge in [0.2, 0.25) is 0 Å². The lowest BCUT2D eigenvalue weighted by Crippen LogP contribution is -2.37. The Morgan fingerprint density at radius 1 is 1.19 bits per heavy atom. The molecule has 0 heterocycles. The molecule has 0 aliphatic rings. The summed E-state index contributed by atoms with van der Waals surface area (Å²) >= 11 is 6.47. The van der Waals surface area contributed by atoms with Crippen LogP contribution in [0.4, 0.5) is 4.79 Å². The maximum absolute atomic E-state index is 12.4. The summed E-state index contributed by atoms with van der Waals surface area (Å²) in [6.45, 7) is 6.36. The summed E-state index contributed by atoms with van der Waals surface area (Å²) in [5, 5.41) is 0.648. The lowest BCUT2D eigenvalue weighted by Gasteiger charge is -2.27. The third-order valence-electron chi connectivity index (χ3n) is 3.67. The van der Waals surface area contributed by atoms with E-state index in [1.54, 1.807) is 4.90 Å². The van der Waals surface area contributed by atoms with Crippen LogP contribution in [0.2, 0.25) is 5.02 Å². The fourth-order valence-electron chi connectivity index (χ4n) is 2.49. The van der Waals surface area contributed by atoms with E-state index in [0.717, 1.165) is 16.7 Å². The van der Waals surface area contributed by atoms with Gasteiger partial charge in [-0.15, -0.1) is 12.3 Å². The smallest absolute Gasteiger partial charge is 0.410 e. The van der Waals surface area contributed by atoms with E-state index in [1.807, 2.05) is 69.3 Å². The van der Waals surface area contributed by atoms with Crippen LogP contribution < -0.4 is 0 Å². The molecule has 0 spiro atoms. The van der Waals surface area contributed by atoms with Crippen LogP contribution >= 0.6 is 11.6 Å². The number of benzene rings is 2. The second-order valence-electron chi connectivity index (χ2n) is 7.04. The van der Waals surface area contributed by atoms with Gasteiger partial charge in [-0.1, -0.05) is 54.1 Å². The molecular formula is C22H24ClNO2. The number of terminal acetylenes is 1. The molecule has 0 aliphatic carbocycles. The van der Waals surface area contributed by atoms with Crippen LogP contribution in [0, 0.1) is 12.3 Å². The highest BCUT2D eigenvalue weighted by atomic mass is 35.5. The molecule has 0 N–H and O–H groups in total. The van der Waals surface area contributed by atoms with Crippen molar-refractivity contribution in [3.63, 3.8) is 0 Å². The maximum atomic E-state index is 12.4. The molecule has 2 rings (SSSR count). The third-order valence-corrected chi connectivity index (χ3v) is 3.98. The molecule has 0 saturated heterocycles. The topological polar surface area (TPSA) is 29.5 Å². The van der Waals surface area contributed by atoms with Crippen molar-refractivity contribution in [1.29, 1.82) is 0 Å². The molecule has 3 nitrogen and oxygen atoms in total. The minimum atomic E-state index is -0.555. The van der Waals surface area contributed by atoms with Crippen LogP contribution in [-0.4, -0.2) is 23.1 Å². The fourth-order valence-corrected chi connectivity index (χ4v) is 2.80. The van der Waals surface area contributed by atoms with Gasteiger partial charge in [0.25, 0.3) is 0 Å². The number of amides is 1. The van der Waals surface area contributed by atoms with Crippen LogP contribution in [0.3, 0.4) is 0 Å². The van der Waals surface area contributed by atoms with Gasteiger partial charge in [0, 0.05) is 30.1 Å². The fraction of sp³-hybridized carbons (Fsp3) is 0.318. The molecule has 0 unspecified atom stereocenters. The third kappa shape index (κ3) is 5.82. The van der Waals surface area contributed by atoms with Crippen molar-refractivity contribution in [1.82, 2.24) is 4.90 Å². The summed E-state index contributed by atoms with van der Waals surface area (Å²) < 4.78 is 5.48. The Hall–Kier alpha value is -2.44. The largest absolute Gasteiger partial charge is 0.444 e. The van der Waals surface area contributed by atoms with E-state index in [4.69, 9.17) is 22.8 Å². The molecule has 2 aromatic carbocycles. The van der Waals surface area contributed by atoms with E-state index >= 15 is 0 Å². The zero-order valence-corrected chi connectivity index (χ0v) is 16.2. The standard InChI is InChI=1S/C22H24ClNO2/c1-5-6-14-24(21(25)26-22(2,3)4)16-17-12-13-19(20(23)15-17)18-10-8-7-9-11-18/h1,7-13,15H,6,14,16H2,2-4H3. The monoisotopic (exact) mass is 369 g/mol. The predicted molar refractivity (Wildman–Crippen MR) is 107 cm³/mol. The number of rotatable bonds is 5. The summed E-state index contributed by atoms with van der Waals surface area (Å²) in [7, 11) is 0. The number of hydrogen-bond acceptors (Lipinski definition) is 2. The Balaban J connectivity index is 2.19. The van der Waals surface area contributed by atoms with Crippen LogP contribution in [0.15, 0.2) is 48.5 Å². The van der Waals surface area contributed by atoms with Gasteiger partial charge in [-0.3, -0.25) is 0 Å². The van der Waals surface area contributed by atoms with Crippen LogP contribution in [0.1, 0.15) is 32.8 Å². The van der Waals surface area contributed by atoms with Crippen LogP contribution in [-0.2, 0) is 11.3 Å². The van der Waals surface area contributed by atoms with Gasteiger partial charge in [-0.2, -0.15) is 0 Å². The van der Waals surface area contributed by atoms with E-state index in [9.17, 15) is 4.79 Å². The zero-order valence-electron chi connectivity index (χ0n) is 15.5. The SMILES string of the molecule is C#CCCN(Cc1ccc(-c2ccccc2)c(Cl)c1)C(=O)OC(C)(C)C. The molecule has 0 radical (unpaired) electrons. The zero-order chi connectivity index (χ0) is 19.2. The van der Waals surface area contributed by atoms with Crippen molar-refractivity contribution in [3.8, 4) is 23.5 Å². The average molecular weight is 370 g/mol. The van der Waals surface area contributed by atoms with Gasteiger partial charge in [-0.05, 0) is 38.0 Å². The Bertz CT molecular complexity index is 788. The van der Waals surface area contributed by atoms with Gasteiger partial charge in [0.05, 0.1) is 0 Å². The van der Waals surface area contributed by atoms with Gasteiger partial charge >= 0.3 is 6.09 Å². The summed E-state index contributed by atoms with van der Waals surface area (Å²) in [5.41, 5.74) is 2.39. The van der Waals surface area contributed by atoms with Crippen molar-refractivity contribution < 1.29 is 9.53 Å². The van der Waals surface area contributed by atoms with Crippen molar-refractivity contribution in [3.05, 3.63) is 59.1 Å². The molecule has 136 valence electrons. The van der Waals surface area contributed by atoms with E-state index in [-0.39, 0.29) is 6.09 Å². The minimum Gasteiger partial charge on any atom is -0.444 e. The van der Waals surface area contributed by atoms with Gasteiger partial charge < -0.3 is 9.64 Å². The first-order valence-electron chi connectivity index (χ1n) is 8.55. The molecule has 0 aliphatic heterocycles. The lowest BCUT2D eigenvalue weighted by atomic mass is 10.0. The van der Waals surface area contributed by atoms with Crippen molar-refractivity contribution >= 4 is 17.7 Å². The molecule has 4 heteroatoms.